The van der Waals surface area contributed by atoms with Crippen LogP contribution in [0, 0.1) is 0 Å². The van der Waals surface area contributed by atoms with Crippen LogP contribution in [0.15, 0.2) is 35.2 Å². The lowest BCUT2D eigenvalue weighted by Crippen LogP contribution is -2.03. The van der Waals surface area contributed by atoms with E-state index in [1.807, 2.05) is 0 Å². The van der Waals surface area contributed by atoms with Gasteiger partial charge in [-0.3, -0.25) is 4.55 Å². The van der Waals surface area contributed by atoms with Crippen molar-refractivity contribution in [1.29, 1.82) is 0 Å². The molecule has 2 aromatic carbocycles. The van der Waals surface area contributed by atoms with Crippen molar-refractivity contribution in [2.45, 2.75) is 4.90 Å². The summed E-state index contributed by atoms with van der Waals surface area (Å²) in [4.78, 5) is -0.299. The number of hydrogen-bond donors (Lipinski definition) is 2. The van der Waals surface area contributed by atoms with E-state index in [0.29, 0.717) is 15.8 Å². The summed E-state index contributed by atoms with van der Waals surface area (Å²) in [7, 11) is -4.36. The van der Waals surface area contributed by atoms with Crippen LogP contribution in [0.2, 0.25) is 5.02 Å². The molecule has 84 valence electrons. The molecule has 0 aliphatic carbocycles. The molecule has 6 heteroatoms. The number of nitrogen functional groups attached to an aromatic ring is 1. The van der Waals surface area contributed by atoms with Gasteiger partial charge < -0.3 is 5.73 Å². The van der Waals surface area contributed by atoms with Gasteiger partial charge in [-0.2, -0.15) is 8.42 Å². The summed E-state index contributed by atoms with van der Waals surface area (Å²) in [6.07, 6.45) is 0. The molecule has 2 rings (SSSR count). The number of halogens is 1. The molecule has 0 amide bonds. The number of rotatable bonds is 1. The standard InChI is InChI=1S/C10H8ClNO3S/c11-7-3-1-6-2-4-9(12)10(8(6)5-7)16(13,14)15/h1-5H,12H2,(H,13,14,15). The maximum absolute atomic E-state index is 11.2. The normalized spacial score (nSPS) is 11.9. The second-order valence-electron chi connectivity index (χ2n) is 3.32. The molecule has 0 aliphatic rings. The second kappa shape index (κ2) is 3.62. The Kier molecular flexibility index (Phi) is 2.53. The largest absolute Gasteiger partial charge is 0.398 e. The molecule has 0 spiro atoms. The SMILES string of the molecule is Nc1ccc2ccc(Cl)cc2c1S(=O)(=O)O. The molecule has 0 fully saturated rings. The number of anilines is 1. The first-order chi connectivity index (χ1) is 7.39. The van der Waals surface area contributed by atoms with E-state index in [1.54, 1.807) is 18.2 Å². The summed E-state index contributed by atoms with van der Waals surface area (Å²) in [5.41, 5.74) is 5.54. The summed E-state index contributed by atoms with van der Waals surface area (Å²) in [6, 6.07) is 7.84. The zero-order valence-corrected chi connectivity index (χ0v) is 9.59. The first-order valence-corrected chi connectivity index (χ1v) is 6.16. The Hall–Kier alpha value is -1.30. The van der Waals surface area contributed by atoms with E-state index in [9.17, 15) is 8.42 Å². The molecule has 0 radical (unpaired) electrons. The fraction of sp³-hybridized carbons (Fsp3) is 0. The van der Waals surface area contributed by atoms with Gasteiger partial charge in [-0.05, 0) is 23.6 Å². The summed E-state index contributed by atoms with van der Waals surface area (Å²) in [5, 5.41) is 1.34. The third kappa shape index (κ3) is 1.84. The van der Waals surface area contributed by atoms with E-state index >= 15 is 0 Å². The van der Waals surface area contributed by atoms with Crippen LogP contribution in [-0.2, 0) is 10.1 Å². The van der Waals surface area contributed by atoms with Crippen LogP contribution in [0.25, 0.3) is 10.8 Å². The van der Waals surface area contributed by atoms with E-state index in [4.69, 9.17) is 21.9 Å². The Morgan fingerprint density at radius 2 is 1.81 bits per heavy atom. The maximum atomic E-state index is 11.2. The number of nitrogens with two attached hydrogens (primary N) is 1. The highest BCUT2D eigenvalue weighted by Crippen LogP contribution is 2.30. The topological polar surface area (TPSA) is 80.4 Å². The minimum absolute atomic E-state index is 0.00253. The Labute approximate surface area is 97.4 Å². The number of hydrogen-bond acceptors (Lipinski definition) is 3. The van der Waals surface area contributed by atoms with Crippen LogP contribution >= 0.6 is 11.6 Å². The number of fused-ring (bicyclic) bond motifs is 1. The zero-order valence-electron chi connectivity index (χ0n) is 8.01. The fourth-order valence-electron chi connectivity index (χ4n) is 1.57. The van der Waals surface area contributed by atoms with Crippen LogP contribution in [0.4, 0.5) is 5.69 Å². The molecular weight excluding hydrogens is 250 g/mol. The second-order valence-corrected chi connectivity index (χ2v) is 5.12. The Morgan fingerprint density at radius 3 is 2.44 bits per heavy atom. The molecule has 4 nitrogen and oxygen atoms in total. The van der Waals surface area contributed by atoms with E-state index in [2.05, 4.69) is 0 Å². The van der Waals surface area contributed by atoms with Crippen molar-refractivity contribution >= 4 is 38.2 Å². The number of benzene rings is 2. The van der Waals surface area contributed by atoms with E-state index in [1.165, 1.54) is 12.1 Å². The monoisotopic (exact) mass is 257 g/mol. The van der Waals surface area contributed by atoms with Gasteiger partial charge in [-0.15, -0.1) is 0 Å². The molecule has 0 aliphatic heterocycles. The Bertz CT molecular complexity index is 662. The molecule has 16 heavy (non-hydrogen) atoms. The summed E-state index contributed by atoms with van der Waals surface area (Å²) < 4.78 is 31.5. The van der Waals surface area contributed by atoms with Gasteiger partial charge >= 0.3 is 0 Å². The van der Waals surface area contributed by atoms with Gasteiger partial charge in [0, 0.05) is 10.4 Å². The average molecular weight is 258 g/mol. The molecular formula is C10H8ClNO3S. The fourth-order valence-corrected chi connectivity index (χ4v) is 2.56. The third-order valence-corrected chi connectivity index (χ3v) is 3.43. The highest BCUT2D eigenvalue weighted by Gasteiger charge is 2.17. The molecule has 2 aromatic rings. The zero-order chi connectivity index (χ0) is 11.9. The van der Waals surface area contributed by atoms with Gasteiger partial charge in [0.1, 0.15) is 4.90 Å². The predicted molar refractivity (Wildman–Crippen MR) is 63.2 cm³/mol. The quantitative estimate of drug-likeness (QED) is 0.607. The molecule has 3 N–H and O–H groups in total. The smallest absolute Gasteiger partial charge is 0.297 e. The lowest BCUT2D eigenvalue weighted by Gasteiger charge is -2.07. The van der Waals surface area contributed by atoms with Gasteiger partial charge in [0.05, 0.1) is 5.69 Å². The van der Waals surface area contributed by atoms with Crippen molar-refractivity contribution in [1.82, 2.24) is 0 Å². The van der Waals surface area contributed by atoms with Crippen LogP contribution < -0.4 is 5.73 Å². The van der Waals surface area contributed by atoms with Gasteiger partial charge in [0.15, 0.2) is 0 Å². The first-order valence-electron chi connectivity index (χ1n) is 4.35. The van der Waals surface area contributed by atoms with Crippen molar-refractivity contribution in [3.05, 3.63) is 35.4 Å². The highest BCUT2D eigenvalue weighted by atomic mass is 35.5. The highest BCUT2D eigenvalue weighted by molar-refractivity contribution is 7.86. The predicted octanol–water partition coefficient (Wildman–Crippen LogP) is 2.32. The average Bonchev–Trinajstić information content (AvgIpc) is 2.14. The molecule has 0 bridgehead atoms. The molecule has 0 heterocycles. The van der Waals surface area contributed by atoms with E-state index in [0.717, 1.165) is 0 Å². The van der Waals surface area contributed by atoms with Gasteiger partial charge in [-0.1, -0.05) is 23.7 Å². The van der Waals surface area contributed by atoms with E-state index in [-0.39, 0.29) is 10.6 Å². The van der Waals surface area contributed by atoms with Crippen molar-refractivity contribution in [2.75, 3.05) is 5.73 Å². The minimum Gasteiger partial charge on any atom is -0.398 e. The Morgan fingerprint density at radius 1 is 1.19 bits per heavy atom. The van der Waals surface area contributed by atoms with Crippen molar-refractivity contribution in [3.63, 3.8) is 0 Å². The lowest BCUT2D eigenvalue weighted by atomic mass is 10.1. The van der Waals surface area contributed by atoms with Gasteiger partial charge in [0.25, 0.3) is 10.1 Å². The van der Waals surface area contributed by atoms with Crippen molar-refractivity contribution < 1.29 is 13.0 Å². The van der Waals surface area contributed by atoms with Crippen LogP contribution in [0.5, 0.6) is 0 Å². The molecule has 0 atom stereocenters. The maximum Gasteiger partial charge on any atom is 0.297 e. The van der Waals surface area contributed by atoms with Crippen LogP contribution in [0.3, 0.4) is 0 Å². The lowest BCUT2D eigenvalue weighted by molar-refractivity contribution is 0.484. The van der Waals surface area contributed by atoms with Crippen LogP contribution in [0.1, 0.15) is 0 Å². The van der Waals surface area contributed by atoms with Crippen LogP contribution in [-0.4, -0.2) is 13.0 Å². The van der Waals surface area contributed by atoms with Gasteiger partial charge in [-0.25, -0.2) is 0 Å². The minimum atomic E-state index is -4.36. The van der Waals surface area contributed by atoms with E-state index < -0.39 is 10.1 Å². The third-order valence-electron chi connectivity index (χ3n) is 2.22. The van der Waals surface area contributed by atoms with Gasteiger partial charge in [0.2, 0.25) is 0 Å². The molecule has 0 aromatic heterocycles. The molecule has 0 saturated heterocycles. The van der Waals surface area contributed by atoms with Crippen molar-refractivity contribution in [3.8, 4) is 0 Å². The summed E-state index contributed by atoms with van der Waals surface area (Å²) in [6.45, 7) is 0. The Balaban J connectivity index is 3.00. The molecule has 0 saturated carbocycles. The summed E-state index contributed by atoms with van der Waals surface area (Å²) in [5.74, 6) is 0. The first kappa shape index (κ1) is 11.2. The van der Waals surface area contributed by atoms with Crippen molar-refractivity contribution in [2.24, 2.45) is 0 Å². The summed E-state index contributed by atoms with van der Waals surface area (Å²) >= 11 is 5.78. The molecule has 0 unspecified atom stereocenters.